The van der Waals surface area contributed by atoms with Gasteiger partial charge in [-0.15, -0.1) is 0 Å². The molecule has 21 heavy (non-hydrogen) atoms. The highest BCUT2D eigenvalue weighted by atomic mass is 35.5. The van der Waals surface area contributed by atoms with Crippen LogP contribution in [-0.4, -0.2) is 19.6 Å². The molecule has 0 fully saturated rings. The summed E-state index contributed by atoms with van der Waals surface area (Å²) in [6.07, 6.45) is 1.12. The molecule has 2 aromatic rings. The van der Waals surface area contributed by atoms with E-state index < -0.39 is 9.85 Å². The van der Waals surface area contributed by atoms with Crippen molar-refractivity contribution >= 4 is 23.0 Å². The maximum Gasteiger partial charge on any atom is 0.329 e. The fourth-order valence-corrected chi connectivity index (χ4v) is 2.22. The van der Waals surface area contributed by atoms with Crippen LogP contribution < -0.4 is 0 Å². The zero-order valence-corrected chi connectivity index (χ0v) is 11.8. The van der Waals surface area contributed by atoms with E-state index in [0.29, 0.717) is 24.2 Å². The molecular formula is C12H11ClN4O4. The van der Waals surface area contributed by atoms with E-state index in [-0.39, 0.29) is 16.5 Å². The number of hydrogen-bond acceptors (Lipinski definition) is 5. The summed E-state index contributed by atoms with van der Waals surface area (Å²) in [5, 5.41) is 25.7. The SMILES string of the molecule is CCCc1nn(-c2ccc([N+](=O)[O-])cc2)c(Cl)c1[N+](=O)[O-]. The Hall–Kier alpha value is -2.48. The standard InChI is InChI=1S/C12H11ClN4O4/c1-2-3-10-11(17(20)21)12(13)15(14-10)8-4-6-9(7-5-8)16(18)19/h4-7H,2-3H2,1H3. The minimum Gasteiger partial charge on any atom is -0.258 e. The second kappa shape index (κ2) is 5.88. The second-order valence-corrected chi connectivity index (χ2v) is 4.64. The van der Waals surface area contributed by atoms with E-state index in [0.717, 1.165) is 0 Å². The molecule has 0 saturated carbocycles. The summed E-state index contributed by atoms with van der Waals surface area (Å²) in [6, 6.07) is 5.46. The predicted octanol–water partition coefficient (Wildman–Crippen LogP) is 3.29. The molecular weight excluding hydrogens is 300 g/mol. The molecule has 0 bridgehead atoms. The van der Waals surface area contributed by atoms with Gasteiger partial charge in [-0.1, -0.05) is 24.9 Å². The number of non-ortho nitro benzene ring substituents is 1. The van der Waals surface area contributed by atoms with Gasteiger partial charge in [0.15, 0.2) is 0 Å². The number of benzene rings is 1. The molecule has 2 rings (SSSR count). The van der Waals surface area contributed by atoms with Crippen LogP contribution in [0.15, 0.2) is 24.3 Å². The van der Waals surface area contributed by atoms with Crippen molar-refractivity contribution in [2.45, 2.75) is 19.8 Å². The van der Waals surface area contributed by atoms with E-state index in [4.69, 9.17) is 11.6 Å². The van der Waals surface area contributed by atoms with Crippen LogP contribution in [0.2, 0.25) is 5.15 Å². The van der Waals surface area contributed by atoms with Gasteiger partial charge in [-0.3, -0.25) is 20.2 Å². The number of nitro groups is 2. The molecule has 8 nitrogen and oxygen atoms in total. The van der Waals surface area contributed by atoms with Crippen LogP contribution in [0.25, 0.3) is 5.69 Å². The molecule has 1 aromatic carbocycles. The lowest BCUT2D eigenvalue weighted by molar-refractivity contribution is -0.385. The third-order valence-electron chi connectivity index (χ3n) is 2.85. The molecule has 9 heteroatoms. The summed E-state index contributed by atoms with van der Waals surface area (Å²) in [4.78, 5) is 20.6. The predicted molar refractivity (Wildman–Crippen MR) is 75.9 cm³/mol. The van der Waals surface area contributed by atoms with Gasteiger partial charge in [-0.2, -0.15) is 5.10 Å². The van der Waals surface area contributed by atoms with Crippen LogP contribution in [0.4, 0.5) is 11.4 Å². The van der Waals surface area contributed by atoms with Gasteiger partial charge < -0.3 is 0 Å². The zero-order chi connectivity index (χ0) is 15.6. The van der Waals surface area contributed by atoms with Crippen molar-refractivity contribution in [2.75, 3.05) is 0 Å². The summed E-state index contributed by atoms with van der Waals surface area (Å²) in [7, 11) is 0. The Morgan fingerprint density at radius 1 is 1.19 bits per heavy atom. The number of nitro benzene ring substituents is 1. The number of nitrogens with zero attached hydrogens (tertiary/aromatic N) is 4. The highest BCUT2D eigenvalue weighted by molar-refractivity contribution is 6.32. The molecule has 1 aromatic heterocycles. The Morgan fingerprint density at radius 3 is 2.29 bits per heavy atom. The highest BCUT2D eigenvalue weighted by Gasteiger charge is 2.26. The Bertz CT molecular complexity index is 696. The van der Waals surface area contributed by atoms with E-state index in [1.165, 1.54) is 28.9 Å². The van der Waals surface area contributed by atoms with E-state index in [2.05, 4.69) is 5.10 Å². The summed E-state index contributed by atoms with van der Waals surface area (Å²) in [5.74, 6) is 0. The maximum atomic E-state index is 11.1. The van der Waals surface area contributed by atoms with Crippen LogP contribution in [0.5, 0.6) is 0 Å². The van der Waals surface area contributed by atoms with Gasteiger partial charge in [0.25, 0.3) is 5.69 Å². The van der Waals surface area contributed by atoms with Gasteiger partial charge in [0.1, 0.15) is 5.69 Å². The summed E-state index contributed by atoms with van der Waals surface area (Å²) >= 11 is 6.02. The first kappa shape index (κ1) is 14.9. The van der Waals surface area contributed by atoms with Gasteiger partial charge >= 0.3 is 5.69 Å². The fourth-order valence-electron chi connectivity index (χ4n) is 1.90. The summed E-state index contributed by atoms with van der Waals surface area (Å²) in [6.45, 7) is 1.88. The number of aryl methyl sites for hydroxylation is 1. The molecule has 0 spiro atoms. The minimum absolute atomic E-state index is 0.0784. The lowest BCUT2D eigenvalue weighted by Gasteiger charge is -2.01. The normalized spacial score (nSPS) is 10.6. The first-order valence-electron chi connectivity index (χ1n) is 6.12. The van der Waals surface area contributed by atoms with Crippen LogP contribution in [-0.2, 0) is 6.42 Å². The first-order chi connectivity index (χ1) is 9.95. The fraction of sp³-hybridized carbons (Fsp3) is 0.250. The van der Waals surface area contributed by atoms with Crippen LogP contribution in [0.1, 0.15) is 19.0 Å². The largest absolute Gasteiger partial charge is 0.329 e. The Labute approximate surface area is 124 Å². The van der Waals surface area contributed by atoms with E-state index in [1.807, 2.05) is 6.92 Å². The summed E-state index contributed by atoms with van der Waals surface area (Å²) in [5.41, 5.74) is 0.420. The van der Waals surface area contributed by atoms with E-state index >= 15 is 0 Å². The van der Waals surface area contributed by atoms with Crippen LogP contribution >= 0.6 is 11.6 Å². The van der Waals surface area contributed by atoms with Crippen molar-refractivity contribution in [1.82, 2.24) is 9.78 Å². The van der Waals surface area contributed by atoms with Gasteiger partial charge in [0.05, 0.1) is 15.5 Å². The van der Waals surface area contributed by atoms with Gasteiger partial charge in [-0.25, -0.2) is 4.68 Å². The lowest BCUT2D eigenvalue weighted by Crippen LogP contribution is -1.98. The van der Waals surface area contributed by atoms with Gasteiger partial charge in [-0.05, 0) is 18.6 Å². The Morgan fingerprint density at radius 2 is 1.81 bits per heavy atom. The van der Waals surface area contributed by atoms with Crippen molar-refractivity contribution in [3.8, 4) is 5.69 Å². The minimum atomic E-state index is -0.567. The number of hydrogen-bond donors (Lipinski definition) is 0. The zero-order valence-electron chi connectivity index (χ0n) is 11.0. The van der Waals surface area contributed by atoms with Crippen LogP contribution in [0.3, 0.4) is 0 Å². The average molecular weight is 311 g/mol. The molecule has 0 aliphatic rings. The first-order valence-corrected chi connectivity index (χ1v) is 6.50. The molecule has 0 amide bonds. The van der Waals surface area contributed by atoms with Crippen molar-refractivity contribution in [2.24, 2.45) is 0 Å². The smallest absolute Gasteiger partial charge is 0.258 e. The maximum absolute atomic E-state index is 11.1. The molecule has 1 heterocycles. The summed E-state index contributed by atoms with van der Waals surface area (Å²) < 4.78 is 1.22. The second-order valence-electron chi connectivity index (χ2n) is 4.28. The quantitative estimate of drug-likeness (QED) is 0.622. The molecule has 110 valence electrons. The average Bonchev–Trinajstić information content (AvgIpc) is 2.76. The van der Waals surface area contributed by atoms with Gasteiger partial charge in [0.2, 0.25) is 5.15 Å². The van der Waals surface area contributed by atoms with Gasteiger partial charge in [0, 0.05) is 12.1 Å². The third-order valence-corrected chi connectivity index (χ3v) is 3.19. The van der Waals surface area contributed by atoms with Crippen molar-refractivity contribution in [3.63, 3.8) is 0 Å². The van der Waals surface area contributed by atoms with E-state index in [1.54, 1.807) is 0 Å². The van der Waals surface area contributed by atoms with Crippen molar-refractivity contribution in [3.05, 3.63) is 55.3 Å². The topological polar surface area (TPSA) is 104 Å². The molecule has 0 radical (unpaired) electrons. The molecule has 0 aliphatic carbocycles. The lowest BCUT2D eigenvalue weighted by atomic mass is 10.2. The third kappa shape index (κ3) is 2.84. The molecule has 0 unspecified atom stereocenters. The number of rotatable bonds is 5. The van der Waals surface area contributed by atoms with Crippen molar-refractivity contribution < 1.29 is 9.85 Å². The monoisotopic (exact) mass is 310 g/mol. The molecule has 0 aliphatic heterocycles. The number of halogens is 1. The molecule has 0 saturated heterocycles. The van der Waals surface area contributed by atoms with Crippen LogP contribution in [0, 0.1) is 20.2 Å². The number of aromatic nitrogens is 2. The van der Waals surface area contributed by atoms with Crippen molar-refractivity contribution in [1.29, 1.82) is 0 Å². The Balaban J connectivity index is 2.51. The Kier molecular flexibility index (Phi) is 4.18. The van der Waals surface area contributed by atoms with E-state index in [9.17, 15) is 20.2 Å². The molecule has 0 atom stereocenters. The highest BCUT2D eigenvalue weighted by Crippen LogP contribution is 2.31. The molecule has 0 N–H and O–H groups in total.